The molecule has 0 spiro atoms. The van der Waals surface area contributed by atoms with Crippen molar-refractivity contribution in [1.82, 2.24) is 4.90 Å². The predicted molar refractivity (Wildman–Crippen MR) is 67.9 cm³/mol. The number of hydrogen-bond donors (Lipinski definition) is 1. The van der Waals surface area contributed by atoms with Gasteiger partial charge in [-0.05, 0) is 13.3 Å². The molecule has 0 heterocycles. The molecule has 0 bridgehead atoms. The van der Waals surface area contributed by atoms with Crippen molar-refractivity contribution in [2.75, 3.05) is 13.1 Å². The maximum absolute atomic E-state index is 10.7. The molecule has 0 saturated carbocycles. The summed E-state index contributed by atoms with van der Waals surface area (Å²) in [5.41, 5.74) is 0. The van der Waals surface area contributed by atoms with Crippen LogP contribution in [0.25, 0.3) is 0 Å². The molecule has 0 aliphatic heterocycles. The molecular weight excluding hydrogens is 202 g/mol. The van der Waals surface area contributed by atoms with Gasteiger partial charge in [0, 0.05) is 13.1 Å². The lowest BCUT2D eigenvalue weighted by Crippen LogP contribution is -2.29. The smallest absolute Gasteiger partial charge is 0.407 e. The summed E-state index contributed by atoms with van der Waals surface area (Å²) in [4.78, 5) is 12.2. The van der Waals surface area contributed by atoms with Crippen LogP contribution in [0.1, 0.15) is 65.2 Å². The third-order valence-corrected chi connectivity index (χ3v) is 2.93. The van der Waals surface area contributed by atoms with Crippen molar-refractivity contribution in [1.29, 1.82) is 0 Å². The van der Waals surface area contributed by atoms with Crippen molar-refractivity contribution >= 4 is 6.09 Å². The second-order valence-corrected chi connectivity index (χ2v) is 4.34. The summed E-state index contributed by atoms with van der Waals surface area (Å²) in [6.07, 6.45) is 9.28. The van der Waals surface area contributed by atoms with Crippen LogP contribution >= 0.6 is 0 Å². The van der Waals surface area contributed by atoms with E-state index in [1.807, 2.05) is 6.92 Å². The number of hydrogen-bond acceptors (Lipinski definition) is 1. The molecule has 96 valence electrons. The second kappa shape index (κ2) is 10.8. The molecule has 0 rings (SSSR count). The molecule has 0 aromatic carbocycles. The van der Waals surface area contributed by atoms with E-state index in [1.165, 1.54) is 43.4 Å². The molecule has 0 saturated heterocycles. The lowest BCUT2D eigenvalue weighted by atomic mass is 10.1. The number of amides is 1. The quantitative estimate of drug-likeness (QED) is 0.572. The van der Waals surface area contributed by atoms with Crippen molar-refractivity contribution < 1.29 is 9.90 Å². The zero-order valence-corrected chi connectivity index (χ0v) is 10.9. The monoisotopic (exact) mass is 229 g/mol. The van der Waals surface area contributed by atoms with Crippen molar-refractivity contribution in [2.45, 2.75) is 65.2 Å². The van der Waals surface area contributed by atoms with Gasteiger partial charge in [0.05, 0.1) is 0 Å². The molecule has 0 aromatic rings. The molecule has 0 atom stereocenters. The molecule has 0 unspecified atom stereocenters. The van der Waals surface area contributed by atoms with Crippen LogP contribution in [0.15, 0.2) is 0 Å². The van der Waals surface area contributed by atoms with Gasteiger partial charge in [-0.25, -0.2) is 4.79 Å². The molecule has 1 amide bonds. The number of carboxylic acid groups (broad SMARTS) is 1. The highest BCUT2D eigenvalue weighted by Gasteiger charge is 2.07. The van der Waals surface area contributed by atoms with Gasteiger partial charge in [-0.15, -0.1) is 0 Å². The fourth-order valence-corrected chi connectivity index (χ4v) is 1.83. The minimum Gasteiger partial charge on any atom is -0.465 e. The lowest BCUT2D eigenvalue weighted by Gasteiger charge is -2.16. The van der Waals surface area contributed by atoms with Gasteiger partial charge < -0.3 is 10.0 Å². The highest BCUT2D eigenvalue weighted by molar-refractivity contribution is 5.64. The van der Waals surface area contributed by atoms with Crippen LogP contribution in [-0.4, -0.2) is 29.2 Å². The highest BCUT2D eigenvalue weighted by atomic mass is 16.4. The van der Waals surface area contributed by atoms with E-state index in [4.69, 9.17) is 5.11 Å². The van der Waals surface area contributed by atoms with E-state index in [9.17, 15) is 4.79 Å². The first kappa shape index (κ1) is 15.3. The number of nitrogens with zero attached hydrogens (tertiary/aromatic N) is 1. The van der Waals surface area contributed by atoms with Crippen molar-refractivity contribution in [3.8, 4) is 0 Å². The van der Waals surface area contributed by atoms with Crippen LogP contribution in [-0.2, 0) is 0 Å². The zero-order valence-electron chi connectivity index (χ0n) is 10.9. The summed E-state index contributed by atoms with van der Waals surface area (Å²) in [5, 5.41) is 8.80. The van der Waals surface area contributed by atoms with E-state index < -0.39 is 6.09 Å². The topological polar surface area (TPSA) is 40.5 Å². The van der Waals surface area contributed by atoms with Crippen molar-refractivity contribution in [3.05, 3.63) is 0 Å². The van der Waals surface area contributed by atoms with E-state index in [0.29, 0.717) is 13.1 Å². The summed E-state index contributed by atoms with van der Waals surface area (Å²) >= 11 is 0. The highest BCUT2D eigenvalue weighted by Crippen LogP contribution is 2.08. The Balaban J connectivity index is 3.22. The van der Waals surface area contributed by atoms with Crippen LogP contribution in [0.4, 0.5) is 4.79 Å². The standard InChI is InChI=1S/C13H27NO2/c1-3-5-6-7-8-9-10-11-12-14(4-2)13(15)16/h3-12H2,1-2H3,(H,15,16). The number of unbranched alkanes of at least 4 members (excludes halogenated alkanes) is 7. The van der Waals surface area contributed by atoms with Gasteiger partial charge in [-0.2, -0.15) is 0 Å². The summed E-state index contributed by atoms with van der Waals surface area (Å²) in [7, 11) is 0. The van der Waals surface area contributed by atoms with Crippen LogP contribution < -0.4 is 0 Å². The summed E-state index contributed by atoms with van der Waals surface area (Å²) in [6.45, 7) is 5.41. The Morgan fingerprint density at radius 3 is 1.88 bits per heavy atom. The average molecular weight is 229 g/mol. The summed E-state index contributed by atoms with van der Waals surface area (Å²) in [6, 6.07) is 0. The molecule has 16 heavy (non-hydrogen) atoms. The van der Waals surface area contributed by atoms with Crippen molar-refractivity contribution in [3.63, 3.8) is 0 Å². The van der Waals surface area contributed by atoms with E-state index in [2.05, 4.69) is 6.92 Å². The zero-order chi connectivity index (χ0) is 12.2. The lowest BCUT2D eigenvalue weighted by molar-refractivity contribution is 0.146. The van der Waals surface area contributed by atoms with Gasteiger partial charge in [-0.1, -0.05) is 51.9 Å². The van der Waals surface area contributed by atoms with Crippen molar-refractivity contribution in [2.24, 2.45) is 0 Å². The largest absolute Gasteiger partial charge is 0.465 e. The Kier molecular flexibility index (Phi) is 10.3. The van der Waals surface area contributed by atoms with Crippen LogP contribution in [0.2, 0.25) is 0 Å². The SMILES string of the molecule is CCCCCCCCCCN(CC)C(=O)O. The molecule has 3 heteroatoms. The first-order valence-corrected chi connectivity index (χ1v) is 6.70. The first-order valence-electron chi connectivity index (χ1n) is 6.70. The van der Waals surface area contributed by atoms with E-state index in [0.717, 1.165) is 12.8 Å². The van der Waals surface area contributed by atoms with Gasteiger partial charge in [0.1, 0.15) is 0 Å². The minimum atomic E-state index is -0.787. The molecule has 0 fully saturated rings. The second-order valence-electron chi connectivity index (χ2n) is 4.34. The van der Waals surface area contributed by atoms with Gasteiger partial charge in [0.2, 0.25) is 0 Å². The molecule has 0 aromatic heterocycles. The fraction of sp³-hybridized carbons (Fsp3) is 0.923. The Morgan fingerprint density at radius 1 is 0.938 bits per heavy atom. The molecule has 3 nitrogen and oxygen atoms in total. The van der Waals surface area contributed by atoms with E-state index in [1.54, 1.807) is 0 Å². The van der Waals surface area contributed by atoms with Gasteiger partial charge in [0.15, 0.2) is 0 Å². The minimum absolute atomic E-state index is 0.603. The molecular formula is C13H27NO2. The van der Waals surface area contributed by atoms with E-state index >= 15 is 0 Å². The average Bonchev–Trinajstić information content (AvgIpc) is 2.26. The van der Waals surface area contributed by atoms with Gasteiger partial charge >= 0.3 is 6.09 Å². The predicted octanol–water partition coefficient (Wildman–Crippen LogP) is 4.13. The Bertz CT molecular complexity index is 171. The molecule has 0 aliphatic rings. The third kappa shape index (κ3) is 8.57. The van der Waals surface area contributed by atoms with Crippen LogP contribution in [0, 0.1) is 0 Å². The normalized spacial score (nSPS) is 10.4. The maximum atomic E-state index is 10.7. The Morgan fingerprint density at radius 2 is 1.44 bits per heavy atom. The Labute approximate surface area is 99.8 Å². The number of rotatable bonds is 10. The maximum Gasteiger partial charge on any atom is 0.407 e. The molecule has 1 N–H and O–H groups in total. The molecule has 0 aliphatic carbocycles. The molecule has 0 radical (unpaired) electrons. The van der Waals surface area contributed by atoms with Crippen LogP contribution in [0.5, 0.6) is 0 Å². The van der Waals surface area contributed by atoms with Gasteiger partial charge in [0.25, 0.3) is 0 Å². The summed E-state index contributed by atoms with van der Waals surface area (Å²) < 4.78 is 0. The first-order chi connectivity index (χ1) is 7.72. The number of carbonyl (C=O) groups is 1. The van der Waals surface area contributed by atoms with Gasteiger partial charge in [-0.3, -0.25) is 0 Å². The summed E-state index contributed by atoms with van der Waals surface area (Å²) in [5.74, 6) is 0. The van der Waals surface area contributed by atoms with E-state index in [-0.39, 0.29) is 0 Å². The third-order valence-electron chi connectivity index (χ3n) is 2.93. The van der Waals surface area contributed by atoms with Crippen LogP contribution in [0.3, 0.4) is 0 Å². The fourth-order valence-electron chi connectivity index (χ4n) is 1.83. The Hall–Kier alpha value is -0.730.